The molecule has 6 rings (SSSR count). The number of rotatable bonds is 13. The maximum atomic E-state index is 14.1. The van der Waals surface area contributed by atoms with E-state index in [0.29, 0.717) is 9.75 Å². The van der Waals surface area contributed by atoms with Crippen LogP contribution in [0.25, 0.3) is 29.3 Å². The first kappa shape index (κ1) is 33.1. The summed E-state index contributed by atoms with van der Waals surface area (Å²) in [7, 11) is 0. The molecule has 4 nitrogen and oxygen atoms in total. The van der Waals surface area contributed by atoms with Crippen molar-refractivity contribution in [1.29, 1.82) is 0 Å². The molecule has 0 radical (unpaired) electrons. The Morgan fingerprint density at radius 1 is 0.478 bits per heavy atom. The Balaban J connectivity index is 1.40. The molecular weight excluding hydrogens is 677 g/mol. The van der Waals surface area contributed by atoms with Gasteiger partial charge in [-0.2, -0.15) is 17.6 Å². The van der Waals surface area contributed by atoms with Crippen molar-refractivity contribution in [3.8, 4) is 29.3 Å². The highest BCUT2D eigenvalue weighted by Gasteiger charge is 2.57. The van der Waals surface area contributed by atoms with Gasteiger partial charge in [0.15, 0.2) is 0 Å². The fourth-order valence-electron chi connectivity index (χ4n) is 5.88. The normalized spacial score (nSPS) is 16.6. The number of unbranched alkanes of at least 4 members (excludes halogenated alkanes) is 6. The zero-order valence-electron chi connectivity index (χ0n) is 25.2. The second-order valence-electron chi connectivity index (χ2n) is 11.7. The molecule has 12 heteroatoms. The number of hydrogen-bond acceptors (Lipinski definition) is 8. The molecule has 0 spiro atoms. The van der Waals surface area contributed by atoms with Gasteiger partial charge in [0.1, 0.15) is 0 Å². The molecule has 0 saturated heterocycles. The molecule has 242 valence electrons. The predicted molar refractivity (Wildman–Crippen MR) is 177 cm³/mol. The second kappa shape index (κ2) is 12.7. The van der Waals surface area contributed by atoms with Gasteiger partial charge in [0.2, 0.25) is 11.6 Å². The largest absolute Gasteiger partial charge is 0.372 e. The minimum absolute atomic E-state index is 0.204. The van der Waals surface area contributed by atoms with Gasteiger partial charge < -0.3 is 0 Å². The van der Waals surface area contributed by atoms with Gasteiger partial charge >= 0.3 is 11.8 Å². The van der Waals surface area contributed by atoms with E-state index in [9.17, 15) is 36.7 Å². The van der Waals surface area contributed by atoms with Crippen LogP contribution in [0.15, 0.2) is 24.3 Å². The van der Waals surface area contributed by atoms with Gasteiger partial charge in [0.25, 0.3) is 11.6 Å². The Hall–Kier alpha value is -2.80. The molecule has 46 heavy (non-hydrogen) atoms. The van der Waals surface area contributed by atoms with Gasteiger partial charge in [-0.05, 0) is 61.1 Å². The summed E-state index contributed by atoms with van der Waals surface area (Å²) in [5.74, 6) is -13.8. The smallest absolute Gasteiger partial charge is 0.287 e. The van der Waals surface area contributed by atoms with Crippen LogP contribution in [0.5, 0.6) is 0 Å². The highest BCUT2D eigenvalue weighted by atomic mass is 32.1. The Kier molecular flexibility index (Phi) is 9.12. The lowest BCUT2D eigenvalue weighted by Gasteiger charge is -2.04. The van der Waals surface area contributed by atoms with Crippen molar-refractivity contribution in [2.45, 2.75) is 89.9 Å². The Bertz CT molecular complexity index is 1670. The standard InChI is InChI=1S/C34H30F4O4S4/c1-3-5-7-9-11-17-13-21(43-25(17)23-15-19-27(45-23)31(41)33(35,36)29(19)39)22-14-18(12-10-8-6-4-2)26(44-22)24-16-20-28(46-24)32(42)34(37,38)30(20)40/h13-16H,3-12H2,1-2H3. The summed E-state index contributed by atoms with van der Waals surface area (Å²) in [5.41, 5.74) is 1.57. The van der Waals surface area contributed by atoms with Gasteiger partial charge in [0.05, 0.1) is 9.75 Å². The van der Waals surface area contributed by atoms with Gasteiger partial charge in [-0.25, -0.2) is 0 Å². The van der Waals surface area contributed by atoms with Gasteiger partial charge in [-0.3, -0.25) is 19.2 Å². The maximum Gasteiger partial charge on any atom is 0.372 e. The molecule has 0 aromatic carbocycles. The third kappa shape index (κ3) is 5.58. The number of carbonyl (C=O) groups excluding carboxylic acids is 4. The number of thiophene rings is 4. The molecule has 2 aliphatic carbocycles. The summed E-state index contributed by atoms with van der Waals surface area (Å²) in [6.07, 6.45) is 9.66. The minimum atomic E-state index is -4.02. The number of ketones is 4. The molecule has 0 saturated carbocycles. The minimum Gasteiger partial charge on any atom is -0.287 e. The van der Waals surface area contributed by atoms with Crippen LogP contribution < -0.4 is 0 Å². The van der Waals surface area contributed by atoms with Crippen LogP contribution in [0.1, 0.15) is 116 Å². The van der Waals surface area contributed by atoms with E-state index in [2.05, 4.69) is 26.0 Å². The number of fused-ring (bicyclic) bond motifs is 2. The van der Waals surface area contributed by atoms with E-state index in [0.717, 1.165) is 118 Å². The molecule has 0 bridgehead atoms. The molecule has 4 aromatic rings. The monoisotopic (exact) mass is 706 g/mol. The first-order valence-electron chi connectivity index (χ1n) is 15.4. The molecule has 4 heterocycles. The molecule has 2 aliphatic rings. The molecule has 0 aliphatic heterocycles. The number of aryl methyl sites for hydroxylation is 2. The van der Waals surface area contributed by atoms with Crippen molar-refractivity contribution >= 4 is 68.5 Å². The number of carbonyl (C=O) groups is 4. The zero-order chi connectivity index (χ0) is 33.0. The summed E-state index contributed by atoms with van der Waals surface area (Å²) in [5, 5.41) is 0. The molecule has 0 amide bonds. The lowest BCUT2D eigenvalue weighted by molar-refractivity contribution is 0.0187. The van der Waals surface area contributed by atoms with Crippen LogP contribution in [0.3, 0.4) is 0 Å². The van der Waals surface area contributed by atoms with Crippen LogP contribution in [0.4, 0.5) is 17.6 Å². The fourth-order valence-corrected chi connectivity index (χ4v) is 10.9. The van der Waals surface area contributed by atoms with E-state index < -0.39 is 35.0 Å². The lowest BCUT2D eigenvalue weighted by Crippen LogP contribution is -2.30. The highest BCUT2D eigenvalue weighted by molar-refractivity contribution is 7.29. The van der Waals surface area contributed by atoms with E-state index in [4.69, 9.17) is 0 Å². The van der Waals surface area contributed by atoms with Crippen LogP contribution in [-0.4, -0.2) is 35.0 Å². The summed E-state index contributed by atoms with van der Waals surface area (Å²) in [4.78, 5) is 53.6. The maximum absolute atomic E-state index is 14.1. The van der Waals surface area contributed by atoms with Crippen LogP contribution in [0.2, 0.25) is 0 Å². The molecule has 0 unspecified atom stereocenters. The summed E-state index contributed by atoms with van der Waals surface area (Å²) >= 11 is 4.80. The number of Topliss-reactive ketones (excluding diaryl/α,β-unsaturated/α-hetero) is 4. The van der Waals surface area contributed by atoms with E-state index in [-0.39, 0.29) is 20.9 Å². The van der Waals surface area contributed by atoms with Gasteiger partial charge in [-0.1, -0.05) is 52.4 Å². The van der Waals surface area contributed by atoms with Crippen molar-refractivity contribution in [2.75, 3.05) is 0 Å². The SMILES string of the molecule is CCCCCCc1cc(-c2cc(CCCCCC)c(-c3cc4c(s3)C(=O)C(F)(F)C4=O)s2)sc1-c1cc2c(s1)C(=O)C(F)(F)C2=O. The van der Waals surface area contributed by atoms with E-state index in [1.807, 2.05) is 0 Å². The Morgan fingerprint density at radius 3 is 1.20 bits per heavy atom. The van der Waals surface area contributed by atoms with Crippen molar-refractivity contribution < 1.29 is 36.7 Å². The summed E-state index contributed by atoms with van der Waals surface area (Å²) in [6, 6.07) is 6.99. The van der Waals surface area contributed by atoms with Crippen LogP contribution in [0, 0.1) is 0 Å². The van der Waals surface area contributed by atoms with Crippen molar-refractivity contribution in [1.82, 2.24) is 0 Å². The molecule has 4 aromatic heterocycles. The highest BCUT2D eigenvalue weighted by Crippen LogP contribution is 2.51. The first-order chi connectivity index (χ1) is 21.9. The van der Waals surface area contributed by atoms with E-state index >= 15 is 0 Å². The van der Waals surface area contributed by atoms with Crippen molar-refractivity contribution in [2.24, 2.45) is 0 Å². The fraction of sp³-hybridized carbons (Fsp3) is 0.412. The second-order valence-corrected chi connectivity index (χ2v) is 15.9. The lowest BCUT2D eigenvalue weighted by atomic mass is 10.0. The summed E-state index contributed by atoms with van der Waals surface area (Å²) in [6.45, 7) is 4.25. The Morgan fingerprint density at radius 2 is 0.848 bits per heavy atom. The molecule has 0 N–H and O–H groups in total. The van der Waals surface area contributed by atoms with Gasteiger partial charge in [0, 0.05) is 40.4 Å². The van der Waals surface area contributed by atoms with E-state index in [1.165, 1.54) is 34.8 Å². The van der Waals surface area contributed by atoms with Gasteiger partial charge in [-0.15, -0.1) is 45.3 Å². The average molecular weight is 707 g/mol. The number of hydrogen-bond donors (Lipinski definition) is 0. The topological polar surface area (TPSA) is 68.3 Å². The average Bonchev–Trinajstić information content (AvgIpc) is 3.86. The van der Waals surface area contributed by atoms with E-state index in [1.54, 1.807) is 0 Å². The molecule has 0 atom stereocenters. The van der Waals surface area contributed by atoms with Crippen molar-refractivity contribution in [3.63, 3.8) is 0 Å². The quantitative estimate of drug-likeness (QED) is 0.0788. The number of alkyl halides is 4. The first-order valence-corrected chi connectivity index (χ1v) is 18.7. The zero-order valence-corrected chi connectivity index (χ0v) is 28.4. The van der Waals surface area contributed by atoms with Crippen LogP contribution in [-0.2, 0) is 12.8 Å². The van der Waals surface area contributed by atoms with Crippen LogP contribution >= 0.6 is 45.3 Å². The predicted octanol–water partition coefficient (Wildman–Crippen LogP) is 11.2. The third-order valence-electron chi connectivity index (χ3n) is 8.41. The Labute approximate surface area is 279 Å². The molecular formula is C34H30F4O4S4. The number of halogens is 4. The summed E-state index contributed by atoms with van der Waals surface area (Å²) < 4.78 is 56.5. The van der Waals surface area contributed by atoms with Crippen molar-refractivity contribution in [3.05, 3.63) is 56.3 Å². The molecule has 0 fully saturated rings. The third-order valence-corrected chi connectivity index (χ3v) is 13.6.